The number of hydrogen-bond donors (Lipinski definition) is 0. The van der Waals surface area contributed by atoms with Gasteiger partial charge in [-0.3, -0.25) is 0 Å². The first-order valence-corrected chi connectivity index (χ1v) is 12.4. The summed E-state index contributed by atoms with van der Waals surface area (Å²) in [6.07, 6.45) is 0.697. The van der Waals surface area contributed by atoms with E-state index in [-0.39, 0.29) is 17.5 Å². The number of hydrogen-bond acceptors (Lipinski definition) is 6. The van der Waals surface area contributed by atoms with Crippen LogP contribution < -0.4 is 9.47 Å². The summed E-state index contributed by atoms with van der Waals surface area (Å²) >= 11 is 1.47. The van der Waals surface area contributed by atoms with Crippen LogP contribution in [-0.4, -0.2) is 30.9 Å². The highest BCUT2D eigenvalue weighted by Gasteiger charge is 2.29. The van der Waals surface area contributed by atoms with Crippen molar-refractivity contribution < 1.29 is 17.9 Å². The number of aryl methyl sites for hydroxylation is 1. The fraction of sp³-hybridized carbons (Fsp3) is 0.348. The average Bonchev–Trinajstić information content (AvgIpc) is 3.24. The summed E-state index contributed by atoms with van der Waals surface area (Å²) < 4.78 is 39.2. The fourth-order valence-corrected chi connectivity index (χ4v) is 5.44. The van der Waals surface area contributed by atoms with E-state index in [9.17, 15) is 8.42 Å². The zero-order chi connectivity index (χ0) is 22.4. The Morgan fingerprint density at radius 1 is 1.13 bits per heavy atom. The number of methoxy groups -OCH3 is 1. The van der Waals surface area contributed by atoms with E-state index in [4.69, 9.17) is 9.47 Å². The topological polar surface area (TPSA) is 68.7 Å². The van der Waals surface area contributed by atoms with Crippen LogP contribution in [0.4, 0.5) is 0 Å². The zero-order valence-electron chi connectivity index (χ0n) is 18.2. The Balaban J connectivity index is 1.76. The average molecular weight is 461 g/mol. The van der Waals surface area contributed by atoms with Gasteiger partial charge in [0.1, 0.15) is 23.1 Å². The number of para-hydroxylation sites is 1. The molecule has 0 spiro atoms. The van der Waals surface area contributed by atoms with Crippen LogP contribution in [0.3, 0.4) is 0 Å². The summed E-state index contributed by atoms with van der Waals surface area (Å²) in [5.74, 6) is 1.44. The second kappa shape index (κ2) is 10.3. The number of aromatic nitrogens is 1. The Kier molecular flexibility index (Phi) is 7.69. The minimum atomic E-state index is -3.68. The van der Waals surface area contributed by atoms with Crippen molar-refractivity contribution in [3.63, 3.8) is 0 Å². The summed E-state index contributed by atoms with van der Waals surface area (Å²) in [5, 5.41) is 2.71. The summed E-state index contributed by atoms with van der Waals surface area (Å²) in [5.41, 5.74) is 1.78. The Bertz CT molecular complexity index is 1090. The molecule has 6 nitrogen and oxygen atoms in total. The summed E-state index contributed by atoms with van der Waals surface area (Å²) in [4.78, 5) is 4.86. The van der Waals surface area contributed by atoms with Crippen LogP contribution in [0.5, 0.6) is 11.5 Å². The quantitative estimate of drug-likeness (QED) is 0.424. The van der Waals surface area contributed by atoms with Gasteiger partial charge >= 0.3 is 0 Å². The molecule has 1 aromatic heterocycles. The summed E-state index contributed by atoms with van der Waals surface area (Å²) in [6, 6.07) is 14.1. The van der Waals surface area contributed by atoms with Gasteiger partial charge in [-0.2, -0.15) is 4.31 Å². The number of nitrogens with zero attached hydrogens (tertiary/aromatic N) is 2. The van der Waals surface area contributed by atoms with E-state index in [1.54, 1.807) is 31.4 Å². The van der Waals surface area contributed by atoms with Crippen LogP contribution in [0.15, 0.2) is 58.8 Å². The molecule has 0 saturated carbocycles. The highest BCUT2D eigenvalue weighted by molar-refractivity contribution is 7.89. The van der Waals surface area contributed by atoms with Crippen molar-refractivity contribution in [1.29, 1.82) is 0 Å². The van der Waals surface area contributed by atoms with Crippen LogP contribution in [0.1, 0.15) is 36.5 Å². The maximum absolute atomic E-state index is 13.3. The highest BCUT2D eigenvalue weighted by Crippen LogP contribution is 2.25. The van der Waals surface area contributed by atoms with E-state index < -0.39 is 10.0 Å². The van der Waals surface area contributed by atoms with Gasteiger partial charge in [-0.05, 0) is 56.2 Å². The largest absolute Gasteiger partial charge is 0.497 e. The number of ether oxygens (including phenoxy) is 2. The van der Waals surface area contributed by atoms with Gasteiger partial charge in [0.25, 0.3) is 0 Å². The third-order valence-corrected chi connectivity index (χ3v) is 7.96. The highest BCUT2D eigenvalue weighted by atomic mass is 32.2. The second-order valence-corrected chi connectivity index (χ2v) is 10.1. The molecule has 0 aliphatic carbocycles. The van der Waals surface area contributed by atoms with Gasteiger partial charge in [0.15, 0.2) is 0 Å². The first-order chi connectivity index (χ1) is 14.8. The molecule has 1 unspecified atom stereocenters. The number of thiazole rings is 1. The lowest BCUT2D eigenvalue weighted by Gasteiger charge is -2.27. The van der Waals surface area contributed by atoms with Crippen molar-refractivity contribution in [3.05, 3.63) is 70.2 Å². The van der Waals surface area contributed by atoms with E-state index in [1.165, 1.54) is 15.6 Å². The van der Waals surface area contributed by atoms with Crippen molar-refractivity contribution in [2.75, 3.05) is 7.11 Å². The predicted octanol–water partition coefficient (Wildman–Crippen LogP) is 5.03. The second-order valence-electron chi connectivity index (χ2n) is 7.27. The molecule has 0 N–H and O–H groups in total. The summed E-state index contributed by atoms with van der Waals surface area (Å²) in [7, 11) is -2.12. The van der Waals surface area contributed by atoms with Crippen molar-refractivity contribution in [3.8, 4) is 11.5 Å². The maximum atomic E-state index is 13.3. The van der Waals surface area contributed by atoms with Crippen LogP contribution >= 0.6 is 11.3 Å². The van der Waals surface area contributed by atoms with Gasteiger partial charge in [-0.15, -0.1) is 11.3 Å². The molecule has 0 radical (unpaired) electrons. The molecule has 0 bridgehead atoms. The third-order valence-electron chi connectivity index (χ3n) is 5.11. The summed E-state index contributed by atoms with van der Waals surface area (Å²) in [6.45, 7) is 6.45. The molecular weight excluding hydrogens is 432 g/mol. The molecule has 8 heteroatoms. The van der Waals surface area contributed by atoms with Gasteiger partial charge in [-0.1, -0.05) is 25.1 Å². The molecule has 1 heterocycles. The molecule has 2 aromatic carbocycles. The van der Waals surface area contributed by atoms with Crippen molar-refractivity contribution in [2.24, 2.45) is 0 Å². The van der Waals surface area contributed by atoms with E-state index in [1.807, 2.05) is 50.4 Å². The first-order valence-electron chi connectivity index (χ1n) is 10.1. The third kappa shape index (κ3) is 5.64. The molecule has 0 saturated heterocycles. The smallest absolute Gasteiger partial charge is 0.243 e. The minimum Gasteiger partial charge on any atom is -0.497 e. The van der Waals surface area contributed by atoms with Crippen LogP contribution in [0.25, 0.3) is 0 Å². The van der Waals surface area contributed by atoms with Crippen molar-refractivity contribution >= 4 is 21.4 Å². The Morgan fingerprint density at radius 3 is 2.48 bits per heavy atom. The fourth-order valence-electron chi connectivity index (χ4n) is 3.07. The molecule has 0 fully saturated rings. The normalized spacial score (nSPS) is 12.7. The van der Waals surface area contributed by atoms with Gasteiger partial charge in [0.05, 0.1) is 24.2 Å². The van der Waals surface area contributed by atoms with E-state index in [0.29, 0.717) is 24.5 Å². The molecule has 0 aliphatic heterocycles. The molecule has 31 heavy (non-hydrogen) atoms. The molecule has 0 aliphatic rings. The number of benzene rings is 2. The van der Waals surface area contributed by atoms with Crippen LogP contribution in [0.2, 0.25) is 0 Å². The maximum Gasteiger partial charge on any atom is 0.243 e. The molecular formula is C23H28N2O4S2. The van der Waals surface area contributed by atoms with E-state index >= 15 is 0 Å². The molecule has 3 aromatic rings. The van der Waals surface area contributed by atoms with Crippen molar-refractivity contribution in [1.82, 2.24) is 9.29 Å². The number of rotatable bonds is 10. The Morgan fingerprint density at radius 2 is 1.84 bits per heavy atom. The molecule has 166 valence electrons. The van der Waals surface area contributed by atoms with E-state index in [2.05, 4.69) is 4.98 Å². The first kappa shape index (κ1) is 23.2. The Hall–Kier alpha value is -2.42. The SMILES string of the molecule is CCC(C)N(Cc1csc(COc2ccccc2C)n1)S(=O)(=O)c1ccc(OC)cc1. The lowest BCUT2D eigenvalue weighted by atomic mass is 10.2. The predicted molar refractivity (Wildman–Crippen MR) is 123 cm³/mol. The lowest BCUT2D eigenvalue weighted by molar-refractivity contribution is 0.301. The minimum absolute atomic E-state index is 0.166. The standard InChI is InChI=1S/C23H28N2O4S2/c1-5-18(3)25(31(26,27)21-12-10-20(28-4)11-13-21)14-19-16-30-23(24-19)15-29-22-9-7-6-8-17(22)2/h6-13,16,18H,5,14-15H2,1-4H3. The molecule has 0 amide bonds. The van der Waals surface area contributed by atoms with Gasteiger partial charge in [0, 0.05) is 11.4 Å². The monoisotopic (exact) mass is 460 g/mol. The van der Waals surface area contributed by atoms with Gasteiger partial charge in [-0.25, -0.2) is 13.4 Å². The molecule has 3 rings (SSSR count). The zero-order valence-corrected chi connectivity index (χ0v) is 19.9. The van der Waals surface area contributed by atoms with Crippen LogP contribution in [-0.2, 0) is 23.2 Å². The van der Waals surface area contributed by atoms with Crippen LogP contribution in [0, 0.1) is 6.92 Å². The van der Waals surface area contributed by atoms with Gasteiger partial charge < -0.3 is 9.47 Å². The van der Waals surface area contributed by atoms with Gasteiger partial charge in [0.2, 0.25) is 10.0 Å². The van der Waals surface area contributed by atoms with Crippen molar-refractivity contribution in [2.45, 2.75) is 51.3 Å². The van der Waals surface area contributed by atoms with E-state index in [0.717, 1.165) is 16.3 Å². The lowest BCUT2D eigenvalue weighted by Crippen LogP contribution is -2.37. The Labute approximate surface area is 188 Å². The molecule has 1 atom stereocenters. The number of sulfonamides is 1.